The molecule has 1 atom stereocenters. The van der Waals surface area contributed by atoms with Gasteiger partial charge < -0.3 is 10.0 Å². The number of hydrogen-bond donors (Lipinski definition) is 1. The topological polar surface area (TPSA) is 57.6 Å². The molecule has 0 aromatic heterocycles. The van der Waals surface area contributed by atoms with Crippen LogP contribution in [0.3, 0.4) is 0 Å². The van der Waals surface area contributed by atoms with Gasteiger partial charge in [0.15, 0.2) is 0 Å². The van der Waals surface area contributed by atoms with Gasteiger partial charge in [-0.15, -0.1) is 0 Å². The third kappa shape index (κ3) is 3.59. The summed E-state index contributed by atoms with van der Waals surface area (Å²) < 4.78 is 0. The zero-order valence-electron chi connectivity index (χ0n) is 12.6. The van der Waals surface area contributed by atoms with Crippen molar-refractivity contribution in [2.24, 2.45) is 0 Å². The molecule has 0 aliphatic carbocycles. The molecular weight excluding hydrogens is 254 g/mol. The van der Waals surface area contributed by atoms with Crippen LogP contribution >= 0.6 is 0 Å². The van der Waals surface area contributed by atoms with E-state index in [1.54, 1.807) is 0 Å². The van der Waals surface area contributed by atoms with E-state index in [-0.39, 0.29) is 18.5 Å². The fourth-order valence-corrected chi connectivity index (χ4v) is 2.13. The number of carboxylic acid groups (broad SMARTS) is 1. The van der Waals surface area contributed by atoms with Crippen LogP contribution in [0.2, 0.25) is 0 Å². The largest absolute Gasteiger partial charge is 0.480 e. The summed E-state index contributed by atoms with van der Waals surface area (Å²) in [5.74, 6) is -1.14. The average Bonchev–Trinajstić information content (AvgIpc) is 2.43. The Morgan fingerprint density at radius 3 is 2.25 bits per heavy atom. The molecule has 4 heteroatoms. The molecule has 0 fully saturated rings. The summed E-state index contributed by atoms with van der Waals surface area (Å²) in [6.07, 6.45) is 0.726. The van der Waals surface area contributed by atoms with Gasteiger partial charge in [0.05, 0.1) is 5.41 Å². The van der Waals surface area contributed by atoms with Crippen molar-refractivity contribution < 1.29 is 14.7 Å². The molecule has 1 aromatic carbocycles. The lowest BCUT2D eigenvalue weighted by Gasteiger charge is -2.35. The van der Waals surface area contributed by atoms with E-state index in [0.29, 0.717) is 0 Å². The van der Waals surface area contributed by atoms with Crippen molar-refractivity contribution in [1.29, 1.82) is 0 Å². The molecule has 0 heterocycles. The van der Waals surface area contributed by atoms with E-state index in [1.165, 1.54) is 4.90 Å². The second-order valence-electron chi connectivity index (χ2n) is 5.58. The second-order valence-corrected chi connectivity index (χ2v) is 5.58. The van der Waals surface area contributed by atoms with Gasteiger partial charge in [0.1, 0.15) is 6.54 Å². The second kappa shape index (κ2) is 6.55. The minimum absolute atomic E-state index is 0.0958. The zero-order valence-corrected chi connectivity index (χ0v) is 12.6. The molecule has 0 aliphatic rings. The van der Waals surface area contributed by atoms with Crippen molar-refractivity contribution >= 4 is 11.9 Å². The number of rotatable bonds is 6. The summed E-state index contributed by atoms with van der Waals surface area (Å²) in [5, 5.41) is 9.02. The lowest BCUT2D eigenvalue weighted by atomic mass is 9.82. The van der Waals surface area contributed by atoms with Gasteiger partial charge in [0.25, 0.3) is 0 Å². The standard InChI is InChI=1S/C16H23NO3/c1-5-12(2)17(11-14(18)19)15(20)16(3,4)13-9-7-6-8-10-13/h6-10,12H,5,11H2,1-4H3,(H,18,19). The van der Waals surface area contributed by atoms with Crippen LogP contribution in [0.1, 0.15) is 39.7 Å². The van der Waals surface area contributed by atoms with Crippen molar-refractivity contribution in [2.75, 3.05) is 6.54 Å². The number of hydrogen-bond acceptors (Lipinski definition) is 2. The number of amides is 1. The number of carboxylic acids is 1. The van der Waals surface area contributed by atoms with Crippen LogP contribution in [0.15, 0.2) is 30.3 Å². The Morgan fingerprint density at radius 2 is 1.80 bits per heavy atom. The van der Waals surface area contributed by atoms with Gasteiger partial charge in [-0.25, -0.2) is 0 Å². The number of carbonyl (C=O) groups excluding carboxylic acids is 1. The molecule has 1 N–H and O–H groups in total. The minimum Gasteiger partial charge on any atom is -0.480 e. The van der Waals surface area contributed by atoms with Gasteiger partial charge in [-0.2, -0.15) is 0 Å². The molecule has 1 aromatic rings. The third-order valence-electron chi connectivity index (χ3n) is 3.72. The first-order valence-corrected chi connectivity index (χ1v) is 6.89. The van der Waals surface area contributed by atoms with E-state index in [1.807, 2.05) is 58.0 Å². The first-order chi connectivity index (χ1) is 9.30. The summed E-state index contributed by atoms with van der Waals surface area (Å²) in [7, 11) is 0. The Kier molecular flexibility index (Phi) is 5.31. The maximum atomic E-state index is 12.8. The van der Waals surface area contributed by atoms with Crippen molar-refractivity contribution in [3.05, 3.63) is 35.9 Å². The third-order valence-corrected chi connectivity index (χ3v) is 3.72. The van der Waals surface area contributed by atoms with E-state index >= 15 is 0 Å². The van der Waals surface area contributed by atoms with Gasteiger partial charge >= 0.3 is 5.97 Å². The van der Waals surface area contributed by atoms with Crippen LogP contribution < -0.4 is 0 Å². The molecule has 0 aliphatic heterocycles. The van der Waals surface area contributed by atoms with Gasteiger partial charge in [0.2, 0.25) is 5.91 Å². The Bertz CT molecular complexity index is 468. The summed E-state index contributed by atoms with van der Waals surface area (Å²) in [6, 6.07) is 9.36. The molecule has 4 nitrogen and oxygen atoms in total. The van der Waals surface area contributed by atoms with Gasteiger partial charge in [-0.3, -0.25) is 9.59 Å². The number of nitrogens with zero attached hydrogens (tertiary/aromatic N) is 1. The van der Waals surface area contributed by atoms with Gasteiger partial charge in [-0.05, 0) is 32.8 Å². The van der Waals surface area contributed by atoms with Gasteiger partial charge in [0, 0.05) is 6.04 Å². The van der Waals surface area contributed by atoms with Gasteiger partial charge in [-0.1, -0.05) is 37.3 Å². The molecule has 0 radical (unpaired) electrons. The molecule has 0 bridgehead atoms. The van der Waals surface area contributed by atoms with Crippen LogP contribution in [0.25, 0.3) is 0 Å². The van der Waals surface area contributed by atoms with E-state index < -0.39 is 11.4 Å². The molecule has 0 saturated carbocycles. The Morgan fingerprint density at radius 1 is 1.25 bits per heavy atom. The molecule has 0 spiro atoms. The zero-order chi connectivity index (χ0) is 15.3. The van der Waals surface area contributed by atoms with E-state index in [2.05, 4.69) is 0 Å². The Hall–Kier alpha value is -1.84. The highest BCUT2D eigenvalue weighted by molar-refractivity contribution is 5.90. The maximum Gasteiger partial charge on any atom is 0.323 e. The Balaban J connectivity index is 3.07. The lowest BCUT2D eigenvalue weighted by Crippen LogP contribution is -2.49. The average molecular weight is 277 g/mol. The molecule has 110 valence electrons. The SMILES string of the molecule is CCC(C)N(CC(=O)O)C(=O)C(C)(C)c1ccccc1. The number of carbonyl (C=O) groups is 2. The molecule has 0 saturated heterocycles. The summed E-state index contributed by atoms with van der Waals surface area (Å²) in [5.41, 5.74) is 0.156. The fourth-order valence-electron chi connectivity index (χ4n) is 2.13. The van der Waals surface area contributed by atoms with E-state index in [9.17, 15) is 9.59 Å². The Labute approximate surface area is 120 Å². The summed E-state index contributed by atoms with van der Waals surface area (Å²) in [4.78, 5) is 25.2. The van der Waals surface area contributed by atoms with E-state index in [0.717, 1.165) is 12.0 Å². The van der Waals surface area contributed by atoms with E-state index in [4.69, 9.17) is 5.11 Å². The fraction of sp³-hybridized carbons (Fsp3) is 0.500. The molecular formula is C16H23NO3. The minimum atomic E-state index is -0.984. The quantitative estimate of drug-likeness (QED) is 0.869. The predicted octanol–water partition coefficient (Wildman–Crippen LogP) is 2.68. The van der Waals surface area contributed by atoms with Crippen LogP contribution in [0.5, 0.6) is 0 Å². The first kappa shape index (κ1) is 16.2. The summed E-state index contributed by atoms with van der Waals surface area (Å²) in [6.45, 7) is 7.23. The number of benzene rings is 1. The van der Waals surface area contributed by atoms with Crippen LogP contribution in [-0.4, -0.2) is 34.5 Å². The smallest absolute Gasteiger partial charge is 0.323 e. The van der Waals surface area contributed by atoms with Crippen LogP contribution in [-0.2, 0) is 15.0 Å². The highest BCUT2D eigenvalue weighted by Gasteiger charge is 2.36. The van der Waals surface area contributed by atoms with Crippen molar-refractivity contribution in [3.63, 3.8) is 0 Å². The van der Waals surface area contributed by atoms with Crippen molar-refractivity contribution in [1.82, 2.24) is 4.90 Å². The number of aliphatic carboxylic acids is 1. The first-order valence-electron chi connectivity index (χ1n) is 6.89. The van der Waals surface area contributed by atoms with Crippen LogP contribution in [0.4, 0.5) is 0 Å². The molecule has 1 unspecified atom stereocenters. The van der Waals surface area contributed by atoms with Crippen LogP contribution in [0, 0.1) is 0 Å². The maximum absolute atomic E-state index is 12.8. The van der Waals surface area contributed by atoms with Crippen molar-refractivity contribution in [2.45, 2.75) is 45.6 Å². The normalized spacial score (nSPS) is 12.8. The lowest BCUT2D eigenvalue weighted by molar-refractivity contribution is -0.148. The van der Waals surface area contributed by atoms with Crippen molar-refractivity contribution in [3.8, 4) is 0 Å². The highest BCUT2D eigenvalue weighted by atomic mass is 16.4. The monoisotopic (exact) mass is 277 g/mol. The molecule has 1 rings (SSSR count). The molecule has 1 amide bonds. The highest BCUT2D eigenvalue weighted by Crippen LogP contribution is 2.26. The predicted molar refractivity (Wildman–Crippen MR) is 78.6 cm³/mol. The summed E-state index contributed by atoms with van der Waals surface area (Å²) >= 11 is 0. The molecule has 20 heavy (non-hydrogen) atoms.